The standard InChI is InChI=1S/C15H22BrN/c1-11-6-8-12(9-7-11)15(2,17)13-4-3-5-14(16)10-13/h3-5,10-12H,6-9,17H2,1-2H3. The molecule has 2 N–H and O–H groups in total. The van der Waals surface area contributed by atoms with Crippen molar-refractivity contribution in [2.24, 2.45) is 17.6 Å². The molecule has 0 bridgehead atoms. The highest BCUT2D eigenvalue weighted by atomic mass is 79.9. The number of hydrogen-bond acceptors (Lipinski definition) is 1. The summed E-state index contributed by atoms with van der Waals surface area (Å²) in [6, 6.07) is 8.46. The van der Waals surface area contributed by atoms with E-state index in [0.717, 1.165) is 10.4 Å². The Morgan fingerprint density at radius 3 is 2.47 bits per heavy atom. The largest absolute Gasteiger partial charge is 0.321 e. The molecule has 1 unspecified atom stereocenters. The molecule has 1 aliphatic rings. The van der Waals surface area contributed by atoms with Gasteiger partial charge in [0.05, 0.1) is 0 Å². The number of benzene rings is 1. The minimum absolute atomic E-state index is 0.191. The summed E-state index contributed by atoms with van der Waals surface area (Å²) in [6.45, 7) is 4.54. The van der Waals surface area contributed by atoms with Crippen molar-refractivity contribution in [2.75, 3.05) is 0 Å². The summed E-state index contributed by atoms with van der Waals surface area (Å²) in [5.74, 6) is 1.50. The van der Waals surface area contributed by atoms with Crippen LogP contribution >= 0.6 is 15.9 Å². The van der Waals surface area contributed by atoms with Crippen LogP contribution in [0.15, 0.2) is 28.7 Å². The Morgan fingerprint density at radius 1 is 1.24 bits per heavy atom. The van der Waals surface area contributed by atoms with E-state index in [2.05, 4.69) is 54.0 Å². The smallest absolute Gasteiger partial charge is 0.0410 e. The first-order valence-corrected chi connectivity index (χ1v) is 7.34. The molecule has 94 valence electrons. The Hall–Kier alpha value is -0.340. The maximum absolute atomic E-state index is 6.61. The van der Waals surface area contributed by atoms with Crippen molar-refractivity contribution >= 4 is 15.9 Å². The van der Waals surface area contributed by atoms with Gasteiger partial charge in [0.1, 0.15) is 0 Å². The van der Waals surface area contributed by atoms with Crippen LogP contribution in [0.5, 0.6) is 0 Å². The van der Waals surface area contributed by atoms with Crippen LogP contribution in [0.2, 0.25) is 0 Å². The van der Waals surface area contributed by atoms with Gasteiger partial charge in [-0.3, -0.25) is 0 Å². The van der Waals surface area contributed by atoms with Crippen LogP contribution in [0.25, 0.3) is 0 Å². The van der Waals surface area contributed by atoms with Crippen LogP contribution in [-0.4, -0.2) is 0 Å². The molecule has 0 saturated heterocycles. The van der Waals surface area contributed by atoms with E-state index in [1.165, 1.54) is 31.2 Å². The molecule has 1 saturated carbocycles. The predicted octanol–water partition coefficient (Wildman–Crippen LogP) is 4.45. The molecule has 1 aromatic carbocycles. The van der Waals surface area contributed by atoms with Gasteiger partial charge in [0.25, 0.3) is 0 Å². The third-order valence-corrected chi connectivity index (χ3v) is 4.80. The molecule has 0 radical (unpaired) electrons. The Morgan fingerprint density at radius 2 is 1.88 bits per heavy atom. The number of halogens is 1. The van der Waals surface area contributed by atoms with Gasteiger partial charge < -0.3 is 5.73 Å². The summed E-state index contributed by atoms with van der Waals surface area (Å²) in [6.07, 6.45) is 5.18. The maximum Gasteiger partial charge on any atom is 0.0410 e. The summed E-state index contributed by atoms with van der Waals surface area (Å²) in [5.41, 5.74) is 7.67. The molecule has 0 aliphatic heterocycles. The van der Waals surface area contributed by atoms with E-state index in [0.29, 0.717) is 5.92 Å². The molecule has 2 rings (SSSR count). The molecule has 1 aliphatic carbocycles. The third-order valence-electron chi connectivity index (χ3n) is 4.31. The highest BCUT2D eigenvalue weighted by Crippen LogP contribution is 2.39. The minimum Gasteiger partial charge on any atom is -0.321 e. The fraction of sp³-hybridized carbons (Fsp3) is 0.600. The van der Waals surface area contributed by atoms with E-state index in [9.17, 15) is 0 Å². The van der Waals surface area contributed by atoms with E-state index >= 15 is 0 Å². The molecule has 1 nitrogen and oxygen atoms in total. The normalized spacial score (nSPS) is 28.7. The van der Waals surface area contributed by atoms with Crippen LogP contribution in [0, 0.1) is 11.8 Å². The van der Waals surface area contributed by atoms with E-state index in [-0.39, 0.29) is 5.54 Å². The molecular formula is C15H22BrN. The zero-order chi connectivity index (χ0) is 12.5. The molecule has 1 fully saturated rings. The number of nitrogens with two attached hydrogens (primary N) is 1. The average molecular weight is 296 g/mol. The molecular weight excluding hydrogens is 274 g/mol. The second-order valence-corrected chi connectivity index (χ2v) is 6.67. The van der Waals surface area contributed by atoms with Crippen molar-refractivity contribution in [1.29, 1.82) is 0 Å². The lowest BCUT2D eigenvalue weighted by Gasteiger charge is -2.39. The topological polar surface area (TPSA) is 26.0 Å². The van der Waals surface area contributed by atoms with Gasteiger partial charge in [0.15, 0.2) is 0 Å². The van der Waals surface area contributed by atoms with Gasteiger partial charge in [-0.2, -0.15) is 0 Å². The van der Waals surface area contributed by atoms with Gasteiger partial charge >= 0.3 is 0 Å². The van der Waals surface area contributed by atoms with E-state index < -0.39 is 0 Å². The zero-order valence-corrected chi connectivity index (χ0v) is 12.3. The SMILES string of the molecule is CC1CCC(C(C)(N)c2cccc(Br)c2)CC1. The molecule has 0 spiro atoms. The highest BCUT2D eigenvalue weighted by Gasteiger charge is 2.34. The van der Waals surface area contributed by atoms with Gasteiger partial charge in [-0.1, -0.05) is 47.8 Å². The second-order valence-electron chi connectivity index (χ2n) is 5.75. The number of rotatable bonds is 2. The predicted molar refractivity (Wildman–Crippen MR) is 76.8 cm³/mol. The van der Waals surface area contributed by atoms with Crippen molar-refractivity contribution < 1.29 is 0 Å². The average Bonchev–Trinajstić information content (AvgIpc) is 2.29. The quantitative estimate of drug-likeness (QED) is 0.857. The van der Waals surface area contributed by atoms with Crippen molar-refractivity contribution in [1.82, 2.24) is 0 Å². The molecule has 1 atom stereocenters. The summed E-state index contributed by atoms with van der Waals surface area (Å²) in [7, 11) is 0. The summed E-state index contributed by atoms with van der Waals surface area (Å²) >= 11 is 3.53. The second kappa shape index (κ2) is 5.11. The number of hydrogen-bond donors (Lipinski definition) is 1. The molecule has 0 aromatic heterocycles. The zero-order valence-electron chi connectivity index (χ0n) is 10.7. The van der Waals surface area contributed by atoms with Gasteiger partial charge in [-0.15, -0.1) is 0 Å². The van der Waals surface area contributed by atoms with Crippen molar-refractivity contribution in [3.8, 4) is 0 Å². The van der Waals surface area contributed by atoms with Crippen LogP contribution < -0.4 is 5.73 Å². The monoisotopic (exact) mass is 295 g/mol. The fourth-order valence-electron chi connectivity index (χ4n) is 2.92. The molecule has 0 amide bonds. The first-order valence-electron chi connectivity index (χ1n) is 6.55. The maximum atomic E-state index is 6.61. The Labute approximate surface area is 113 Å². The molecule has 17 heavy (non-hydrogen) atoms. The van der Waals surface area contributed by atoms with Crippen LogP contribution in [0.3, 0.4) is 0 Å². The van der Waals surface area contributed by atoms with Crippen molar-refractivity contribution in [3.05, 3.63) is 34.3 Å². The fourth-order valence-corrected chi connectivity index (χ4v) is 3.32. The summed E-state index contributed by atoms with van der Waals surface area (Å²) < 4.78 is 1.12. The summed E-state index contributed by atoms with van der Waals surface area (Å²) in [4.78, 5) is 0. The van der Waals surface area contributed by atoms with Gasteiger partial charge in [0, 0.05) is 10.0 Å². The third kappa shape index (κ3) is 2.92. The van der Waals surface area contributed by atoms with Crippen molar-refractivity contribution in [2.45, 2.75) is 45.1 Å². The van der Waals surface area contributed by atoms with Crippen LogP contribution in [-0.2, 0) is 5.54 Å². The molecule has 2 heteroatoms. The van der Waals surface area contributed by atoms with Crippen LogP contribution in [0.1, 0.15) is 45.1 Å². The Balaban J connectivity index is 2.18. The first-order chi connectivity index (χ1) is 8.00. The Kier molecular flexibility index (Phi) is 3.94. The minimum atomic E-state index is -0.191. The highest BCUT2D eigenvalue weighted by molar-refractivity contribution is 9.10. The van der Waals surface area contributed by atoms with Gasteiger partial charge in [-0.25, -0.2) is 0 Å². The lowest BCUT2D eigenvalue weighted by molar-refractivity contribution is 0.193. The lowest BCUT2D eigenvalue weighted by atomic mass is 9.70. The van der Waals surface area contributed by atoms with Crippen molar-refractivity contribution in [3.63, 3.8) is 0 Å². The molecule has 1 aromatic rings. The Bertz CT molecular complexity index is 378. The lowest BCUT2D eigenvalue weighted by Crippen LogP contribution is -2.42. The van der Waals surface area contributed by atoms with E-state index in [4.69, 9.17) is 5.73 Å². The first kappa shape index (κ1) is 13.1. The van der Waals surface area contributed by atoms with E-state index in [1.807, 2.05) is 0 Å². The van der Waals surface area contributed by atoms with Crippen LogP contribution in [0.4, 0.5) is 0 Å². The molecule has 0 heterocycles. The van der Waals surface area contributed by atoms with Gasteiger partial charge in [-0.05, 0) is 49.3 Å². The summed E-state index contributed by atoms with van der Waals surface area (Å²) in [5, 5.41) is 0. The van der Waals surface area contributed by atoms with Gasteiger partial charge in [0.2, 0.25) is 0 Å². The van der Waals surface area contributed by atoms with E-state index in [1.54, 1.807) is 0 Å².